The number of piperidine rings is 1. The highest BCUT2D eigenvalue weighted by molar-refractivity contribution is 5.76. The molecule has 1 N–H and O–H groups in total. The molecule has 1 saturated heterocycles. The minimum atomic E-state index is 0.256. The molecule has 3 nitrogen and oxygen atoms in total. The molecule has 0 aromatic heterocycles. The first-order valence-electron chi connectivity index (χ1n) is 7.87. The maximum atomic E-state index is 11.9. The quantitative estimate of drug-likeness (QED) is 0.774. The van der Waals surface area contributed by atoms with Crippen LogP contribution in [0.1, 0.15) is 51.4 Å². The predicted molar refractivity (Wildman–Crippen MR) is 79.0 cm³/mol. The smallest absolute Gasteiger partial charge is 0.220 e. The van der Waals surface area contributed by atoms with Crippen LogP contribution in [0.5, 0.6) is 0 Å². The van der Waals surface area contributed by atoms with E-state index in [2.05, 4.69) is 23.3 Å². The Bertz CT molecular complexity index is 317. The third-order valence-electron chi connectivity index (χ3n) is 4.47. The van der Waals surface area contributed by atoms with Gasteiger partial charge in [-0.3, -0.25) is 4.79 Å². The Kier molecular flexibility index (Phi) is 5.90. The zero-order valence-electron chi connectivity index (χ0n) is 12.3. The fourth-order valence-corrected chi connectivity index (χ4v) is 3.09. The number of nitrogens with one attached hydrogen (secondary N) is 1. The third kappa shape index (κ3) is 5.35. The summed E-state index contributed by atoms with van der Waals surface area (Å²) in [6, 6.07) is 0. The number of amides is 1. The number of hydrogen-bond donors (Lipinski definition) is 1. The molecule has 1 aliphatic heterocycles. The zero-order chi connectivity index (χ0) is 13.5. The standard InChI is InChI=1S/C16H28N2O/c1-18-11-8-15(9-12-18)13-16(19)17-10-7-14-5-3-2-4-6-14/h5,15H,2-4,6-13H2,1H3,(H,17,19). The molecule has 0 spiro atoms. The van der Waals surface area contributed by atoms with E-state index >= 15 is 0 Å². The fourth-order valence-electron chi connectivity index (χ4n) is 3.09. The van der Waals surface area contributed by atoms with Crippen LogP contribution in [0, 0.1) is 5.92 Å². The molecule has 0 saturated carbocycles. The summed E-state index contributed by atoms with van der Waals surface area (Å²) in [6.45, 7) is 3.12. The van der Waals surface area contributed by atoms with Crippen LogP contribution in [0.25, 0.3) is 0 Å². The summed E-state index contributed by atoms with van der Waals surface area (Å²) in [5, 5.41) is 3.10. The van der Waals surface area contributed by atoms with Crippen molar-refractivity contribution in [3.05, 3.63) is 11.6 Å². The first kappa shape index (κ1) is 14.6. The van der Waals surface area contributed by atoms with E-state index in [1.807, 2.05) is 0 Å². The van der Waals surface area contributed by atoms with Crippen LogP contribution in [0.15, 0.2) is 11.6 Å². The van der Waals surface area contributed by atoms with Crippen molar-refractivity contribution in [2.24, 2.45) is 5.92 Å². The van der Waals surface area contributed by atoms with Crippen molar-refractivity contribution in [1.29, 1.82) is 0 Å². The van der Waals surface area contributed by atoms with Gasteiger partial charge in [-0.2, -0.15) is 0 Å². The van der Waals surface area contributed by atoms with Gasteiger partial charge in [-0.1, -0.05) is 11.6 Å². The van der Waals surface area contributed by atoms with E-state index in [-0.39, 0.29) is 5.91 Å². The molecule has 3 heteroatoms. The van der Waals surface area contributed by atoms with Crippen LogP contribution in [-0.2, 0) is 4.79 Å². The van der Waals surface area contributed by atoms with E-state index < -0.39 is 0 Å². The summed E-state index contributed by atoms with van der Waals surface area (Å²) in [4.78, 5) is 14.2. The molecule has 1 aliphatic carbocycles. The lowest BCUT2D eigenvalue weighted by atomic mass is 9.93. The van der Waals surface area contributed by atoms with Gasteiger partial charge in [0.05, 0.1) is 0 Å². The molecular weight excluding hydrogens is 236 g/mol. The van der Waals surface area contributed by atoms with E-state index in [0.717, 1.165) is 32.5 Å². The van der Waals surface area contributed by atoms with Gasteiger partial charge in [0.1, 0.15) is 0 Å². The molecule has 0 aromatic carbocycles. The van der Waals surface area contributed by atoms with Crippen molar-refractivity contribution in [2.75, 3.05) is 26.7 Å². The van der Waals surface area contributed by atoms with Gasteiger partial charge in [0, 0.05) is 13.0 Å². The lowest BCUT2D eigenvalue weighted by molar-refractivity contribution is -0.122. The second kappa shape index (κ2) is 7.68. The van der Waals surface area contributed by atoms with Crippen LogP contribution in [0.4, 0.5) is 0 Å². The second-order valence-corrected chi connectivity index (χ2v) is 6.16. The molecule has 1 heterocycles. The fraction of sp³-hybridized carbons (Fsp3) is 0.812. The van der Waals surface area contributed by atoms with Gasteiger partial charge in [-0.05, 0) is 71.0 Å². The Hall–Kier alpha value is -0.830. The van der Waals surface area contributed by atoms with Crippen LogP contribution < -0.4 is 5.32 Å². The highest BCUT2D eigenvalue weighted by Gasteiger charge is 2.19. The number of carbonyl (C=O) groups is 1. The van der Waals surface area contributed by atoms with Crippen molar-refractivity contribution >= 4 is 5.91 Å². The van der Waals surface area contributed by atoms with Crippen LogP contribution >= 0.6 is 0 Å². The number of carbonyl (C=O) groups excluding carboxylic acids is 1. The van der Waals surface area contributed by atoms with Gasteiger partial charge < -0.3 is 10.2 Å². The summed E-state index contributed by atoms with van der Waals surface area (Å²) in [5.74, 6) is 0.857. The number of rotatable bonds is 5. The Morgan fingerprint density at radius 2 is 2.16 bits per heavy atom. The molecule has 0 bridgehead atoms. The summed E-state index contributed by atoms with van der Waals surface area (Å²) in [6.07, 6.45) is 11.6. The van der Waals surface area contributed by atoms with Crippen LogP contribution in [0.2, 0.25) is 0 Å². The van der Waals surface area contributed by atoms with Crippen LogP contribution in [0.3, 0.4) is 0 Å². The summed E-state index contributed by atoms with van der Waals surface area (Å²) in [7, 11) is 2.16. The average Bonchev–Trinajstić information content (AvgIpc) is 2.43. The van der Waals surface area contributed by atoms with Gasteiger partial charge in [-0.15, -0.1) is 0 Å². The van der Waals surface area contributed by atoms with Gasteiger partial charge in [0.2, 0.25) is 5.91 Å². The molecule has 0 unspecified atom stereocenters. The molecule has 0 aromatic rings. The SMILES string of the molecule is CN1CCC(CC(=O)NCCC2=CCCCC2)CC1. The maximum Gasteiger partial charge on any atom is 0.220 e. The largest absolute Gasteiger partial charge is 0.356 e. The van der Waals surface area contributed by atoms with Gasteiger partial charge in [-0.25, -0.2) is 0 Å². The monoisotopic (exact) mass is 264 g/mol. The van der Waals surface area contributed by atoms with Crippen molar-refractivity contribution < 1.29 is 4.79 Å². The molecule has 1 amide bonds. The summed E-state index contributed by atoms with van der Waals surface area (Å²) < 4.78 is 0. The molecule has 2 aliphatic rings. The van der Waals surface area contributed by atoms with Crippen molar-refractivity contribution in [2.45, 2.75) is 51.4 Å². The first-order valence-corrected chi connectivity index (χ1v) is 7.87. The number of allylic oxidation sites excluding steroid dienone is 1. The molecule has 0 radical (unpaired) electrons. The van der Waals surface area contributed by atoms with Gasteiger partial charge in [0.15, 0.2) is 0 Å². The normalized spacial score (nSPS) is 22.1. The Labute approximate surface area is 117 Å². The average molecular weight is 264 g/mol. The number of hydrogen-bond acceptors (Lipinski definition) is 2. The predicted octanol–water partition coefficient (Wildman–Crippen LogP) is 2.73. The molecule has 1 fully saturated rings. The van der Waals surface area contributed by atoms with Crippen molar-refractivity contribution in [3.8, 4) is 0 Å². The summed E-state index contributed by atoms with van der Waals surface area (Å²) in [5.41, 5.74) is 1.55. The number of likely N-dealkylation sites (tertiary alicyclic amines) is 1. The molecule has 0 atom stereocenters. The highest BCUT2D eigenvalue weighted by Crippen LogP contribution is 2.20. The van der Waals surface area contributed by atoms with E-state index in [0.29, 0.717) is 5.92 Å². The van der Waals surface area contributed by atoms with E-state index in [1.165, 1.54) is 38.5 Å². The highest BCUT2D eigenvalue weighted by atomic mass is 16.1. The Morgan fingerprint density at radius 1 is 1.37 bits per heavy atom. The zero-order valence-corrected chi connectivity index (χ0v) is 12.3. The van der Waals surface area contributed by atoms with Crippen molar-refractivity contribution in [1.82, 2.24) is 10.2 Å². The lowest BCUT2D eigenvalue weighted by Crippen LogP contribution is -2.33. The number of nitrogens with zero attached hydrogens (tertiary/aromatic N) is 1. The van der Waals surface area contributed by atoms with Crippen LogP contribution in [-0.4, -0.2) is 37.5 Å². The Morgan fingerprint density at radius 3 is 2.84 bits per heavy atom. The maximum absolute atomic E-state index is 11.9. The molecule has 108 valence electrons. The second-order valence-electron chi connectivity index (χ2n) is 6.16. The van der Waals surface area contributed by atoms with Gasteiger partial charge in [0.25, 0.3) is 0 Å². The first-order chi connectivity index (χ1) is 9.24. The topological polar surface area (TPSA) is 32.3 Å². The van der Waals surface area contributed by atoms with E-state index in [4.69, 9.17) is 0 Å². The van der Waals surface area contributed by atoms with Gasteiger partial charge >= 0.3 is 0 Å². The molecule has 2 rings (SSSR count). The lowest BCUT2D eigenvalue weighted by Gasteiger charge is -2.28. The summed E-state index contributed by atoms with van der Waals surface area (Å²) >= 11 is 0. The third-order valence-corrected chi connectivity index (χ3v) is 4.47. The van der Waals surface area contributed by atoms with E-state index in [1.54, 1.807) is 5.57 Å². The van der Waals surface area contributed by atoms with E-state index in [9.17, 15) is 4.79 Å². The molecular formula is C16H28N2O. The minimum Gasteiger partial charge on any atom is -0.356 e. The molecule has 19 heavy (non-hydrogen) atoms. The Balaban J connectivity index is 1.58. The van der Waals surface area contributed by atoms with Crippen molar-refractivity contribution in [3.63, 3.8) is 0 Å². The minimum absolute atomic E-state index is 0.256.